The van der Waals surface area contributed by atoms with Crippen LogP contribution in [-0.2, 0) is 0 Å². The Balaban J connectivity index is 1.19. The number of rotatable bonds is 5. The molecule has 12 rings (SSSR count). The van der Waals surface area contributed by atoms with Crippen molar-refractivity contribution in [1.29, 1.82) is 0 Å². The second kappa shape index (κ2) is 12.8. The van der Waals surface area contributed by atoms with Crippen molar-refractivity contribution in [2.45, 2.75) is 0 Å². The molecule has 0 fully saturated rings. The van der Waals surface area contributed by atoms with Crippen molar-refractivity contribution in [2.24, 2.45) is 0 Å². The van der Waals surface area contributed by atoms with Crippen LogP contribution in [0.1, 0.15) is 0 Å². The summed E-state index contributed by atoms with van der Waals surface area (Å²) in [6.07, 6.45) is 0. The van der Waals surface area contributed by atoms with Crippen molar-refractivity contribution in [3.63, 3.8) is 0 Å². The predicted octanol–water partition coefficient (Wildman–Crippen LogP) is 13.8. The van der Waals surface area contributed by atoms with E-state index in [9.17, 15) is 0 Å². The van der Waals surface area contributed by atoms with E-state index in [2.05, 4.69) is 174 Å². The minimum atomic E-state index is 0.577. The molecule has 0 atom stereocenters. The molecule has 9 aromatic carbocycles. The number of benzene rings is 9. The lowest BCUT2D eigenvalue weighted by Crippen LogP contribution is -2.04. The maximum Gasteiger partial charge on any atom is 0.166 e. The Hall–Kier alpha value is -7.89. The summed E-state index contributed by atoms with van der Waals surface area (Å²) in [7, 11) is 0. The van der Waals surface area contributed by atoms with Gasteiger partial charge in [-0.25, -0.2) is 15.0 Å². The van der Waals surface area contributed by atoms with E-state index in [-0.39, 0.29) is 0 Å². The van der Waals surface area contributed by atoms with Crippen molar-refractivity contribution in [3.8, 4) is 51.0 Å². The highest BCUT2D eigenvalue weighted by Gasteiger charge is 2.23. The molecule has 0 saturated heterocycles. The second-order valence-corrected chi connectivity index (χ2v) is 14.9. The fraction of sp³-hybridized carbons (Fsp3) is 0. The minimum Gasteiger partial charge on any atom is -0.456 e. The highest BCUT2D eigenvalue weighted by molar-refractivity contribution is 6.15. The van der Waals surface area contributed by atoms with Crippen LogP contribution in [0.3, 0.4) is 0 Å². The zero-order chi connectivity index (χ0) is 38.2. The zero-order valence-corrected chi connectivity index (χ0v) is 31.2. The topological polar surface area (TPSA) is 56.7 Å². The number of fused-ring (bicyclic) bond motifs is 8. The van der Waals surface area contributed by atoms with Gasteiger partial charge in [-0.2, -0.15) is 0 Å². The second-order valence-electron chi connectivity index (χ2n) is 14.9. The molecule has 12 aromatic rings. The normalized spacial score (nSPS) is 11.8. The molecule has 0 aliphatic heterocycles. The SMILES string of the molecule is c1ccc(-c2cccc(-c3nc(-c4ccccc4)nc(-c4cc5c(cc4-n4c6ccccc6c6cc7ccccc7cc64)oc4cc6ccccc6cc45)n3)c2)cc1. The van der Waals surface area contributed by atoms with Crippen LogP contribution in [0.15, 0.2) is 199 Å². The lowest BCUT2D eigenvalue weighted by Gasteiger charge is -2.15. The zero-order valence-electron chi connectivity index (χ0n) is 31.2. The lowest BCUT2D eigenvalue weighted by molar-refractivity contribution is 0.669. The number of furan rings is 1. The highest BCUT2D eigenvalue weighted by Crippen LogP contribution is 2.42. The first kappa shape index (κ1) is 32.4. The first-order valence-electron chi connectivity index (χ1n) is 19.5. The summed E-state index contributed by atoms with van der Waals surface area (Å²) in [5, 5.41) is 9.05. The van der Waals surface area contributed by atoms with Gasteiger partial charge in [0.1, 0.15) is 11.2 Å². The quantitative estimate of drug-likeness (QED) is 0.176. The summed E-state index contributed by atoms with van der Waals surface area (Å²) in [6, 6.07) is 68.0. The van der Waals surface area contributed by atoms with Crippen molar-refractivity contribution in [1.82, 2.24) is 19.5 Å². The number of hydrogen-bond acceptors (Lipinski definition) is 4. The van der Waals surface area contributed by atoms with Gasteiger partial charge in [-0.05, 0) is 75.1 Å². The van der Waals surface area contributed by atoms with Gasteiger partial charge in [0, 0.05) is 44.3 Å². The molecule has 0 amide bonds. The van der Waals surface area contributed by atoms with E-state index in [1.807, 2.05) is 24.3 Å². The third-order valence-corrected chi connectivity index (χ3v) is 11.4. The predicted molar refractivity (Wildman–Crippen MR) is 238 cm³/mol. The molecule has 270 valence electrons. The molecule has 0 radical (unpaired) electrons. The maximum atomic E-state index is 6.76. The molecule has 5 heteroatoms. The standard InChI is InChI=1S/C53H32N4O/c1-3-14-33(15-4-1)35-22-13-23-40(26-35)52-54-51(34-16-5-2-6-17-34)55-53(56-52)45-31-44-43-28-37-19-8-10-21-39(37)30-49(43)58-50(44)32-48(45)57-46-25-12-11-24-41(46)42-27-36-18-7-9-20-38(36)29-47(42)57/h1-32H. The Morgan fingerprint density at radius 2 is 0.862 bits per heavy atom. The Kier molecular flexibility index (Phi) is 7.16. The largest absolute Gasteiger partial charge is 0.456 e. The van der Waals surface area contributed by atoms with Gasteiger partial charge in [0.05, 0.1) is 16.7 Å². The summed E-state index contributed by atoms with van der Waals surface area (Å²) < 4.78 is 9.12. The molecular weight excluding hydrogens is 709 g/mol. The number of nitrogens with zero attached hydrogens (tertiary/aromatic N) is 4. The third-order valence-electron chi connectivity index (χ3n) is 11.4. The van der Waals surface area contributed by atoms with Gasteiger partial charge in [0.15, 0.2) is 17.5 Å². The average molecular weight is 741 g/mol. The van der Waals surface area contributed by atoms with Crippen molar-refractivity contribution in [2.75, 3.05) is 0 Å². The Morgan fingerprint density at radius 1 is 0.328 bits per heavy atom. The molecule has 0 N–H and O–H groups in total. The molecule has 0 aliphatic rings. The van der Waals surface area contributed by atoms with Crippen molar-refractivity contribution >= 4 is 65.3 Å². The van der Waals surface area contributed by atoms with Gasteiger partial charge in [0.25, 0.3) is 0 Å². The van der Waals surface area contributed by atoms with E-state index in [0.717, 1.165) is 77.2 Å². The summed E-state index contributed by atoms with van der Waals surface area (Å²) in [4.78, 5) is 15.8. The molecule has 0 bridgehead atoms. The first-order chi connectivity index (χ1) is 28.7. The van der Waals surface area contributed by atoms with Gasteiger partial charge >= 0.3 is 0 Å². The van der Waals surface area contributed by atoms with E-state index in [1.165, 1.54) is 21.5 Å². The highest BCUT2D eigenvalue weighted by atomic mass is 16.3. The van der Waals surface area contributed by atoms with E-state index in [0.29, 0.717) is 17.5 Å². The number of para-hydroxylation sites is 1. The van der Waals surface area contributed by atoms with E-state index < -0.39 is 0 Å². The van der Waals surface area contributed by atoms with Crippen LogP contribution in [0.2, 0.25) is 0 Å². The van der Waals surface area contributed by atoms with Crippen molar-refractivity contribution < 1.29 is 4.42 Å². The molecule has 0 spiro atoms. The van der Waals surface area contributed by atoms with E-state index in [4.69, 9.17) is 19.4 Å². The molecule has 58 heavy (non-hydrogen) atoms. The molecule has 3 heterocycles. The number of aromatic nitrogens is 4. The van der Waals surface area contributed by atoms with Gasteiger partial charge in [-0.3, -0.25) is 0 Å². The smallest absolute Gasteiger partial charge is 0.166 e. The summed E-state index contributed by atoms with van der Waals surface area (Å²) in [6.45, 7) is 0. The third kappa shape index (κ3) is 5.21. The molecule has 0 saturated carbocycles. The summed E-state index contributed by atoms with van der Waals surface area (Å²) >= 11 is 0. The maximum absolute atomic E-state index is 6.76. The van der Waals surface area contributed by atoms with Crippen LogP contribution in [0.25, 0.3) is 116 Å². The molecular formula is C53H32N4O. The molecule has 3 aromatic heterocycles. The Labute approximate surface area is 333 Å². The summed E-state index contributed by atoms with van der Waals surface area (Å²) in [5.41, 5.74) is 9.66. The van der Waals surface area contributed by atoms with Gasteiger partial charge < -0.3 is 8.98 Å². The molecule has 0 unspecified atom stereocenters. The minimum absolute atomic E-state index is 0.577. The van der Waals surface area contributed by atoms with Gasteiger partial charge in [-0.1, -0.05) is 146 Å². The van der Waals surface area contributed by atoms with Crippen molar-refractivity contribution in [3.05, 3.63) is 194 Å². The van der Waals surface area contributed by atoms with Crippen LogP contribution in [0.4, 0.5) is 0 Å². The summed E-state index contributed by atoms with van der Waals surface area (Å²) in [5.74, 6) is 1.78. The van der Waals surface area contributed by atoms with Crippen LogP contribution < -0.4 is 0 Å². The number of hydrogen-bond donors (Lipinski definition) is 0. The van der Waals surface area contributed by atoms with Crippen LogP contribution >= 0.6 is 0 Å². The molecule has 0 aliphatic carbocycles. The van der Waals surface area contributed by atoms with E-state index in [1.54, 1.807) is 0 Å². The fourth-order valence-electron chi connectivity index (χ4n) is 8.59. The lowest BCUT2D eigenvalue weighted by atomic mass is 10.0. The average Bonchev–Trinajstić information content (AvgIpc) is 3.81. The van der Waals surface area contributed by atoms with Crippen LogP contribution in [0, 0.1) is 0 Å². The monoisotopic (exact) mass is 740 g/mol. The van der Waals surface area contributed by atoms with Crippen LogP contribution in [-0.4, -0.2) is 19.5 Å². The van der Waals surface area contributed by atoms with Gasteiger partial charge in [0.2, 0.25) is 0 Å². The van der Waals surface area contributed by atoms with Crippen LogP contribution in [0.5, 0.6) is 0 Å². The Morgan fingerprint density at radius 3 is 1.62 bits per heavy atom. The Bertz CT molecular complexity index is 3570. The first-order valence-corrected chi connectivity index (χ1v) is 19.5. The van der Waals surface area contributed by atoms with Gasteiger partial charge in [-0.15, -0.1) is 0 Å². The molecule has 5 nitrogen and oxygen atoms in total. The fourth-order valence-corrected chi connectivity index (χ4v) is 8.59. The van der Waals surface area contributed by atoms with E-state index >= 15 is 0 Å².